The van der Waals surface area contributed by atoms with E-state index in [1.165, 1.54) is 18.9 Å². The fourth-order valence-corrected chi connectivity index (χ4v) is 3.86. The van der Waals surface area contributed by atoms with E-state index in [0.717, 1.165) is 6.42 Å². The van der Waals surface area contributed by atoms with Crippen LogP contribution in [0.5, 0.6) is 0 Å². The van der Waals surface area contributed by atoms with Crippen molar-refractivity contribution in [2.24, 2.45) is 5.92 Å². The van der Waals surface area contributed by atoms with Crippen molar-refractivity contribution in [3.63, 3.8) is 0 Å². The van der Waals surface area contributed by atoms with Gasteiger partial charge in [-0.15, -0.1) is 0 Å². The first-order chi connectivity index (χ1) is 9.44. The molecule has 1 saturated carbocycles. The van der Waals surface area contributed by atoms with Crippen molar-refractivity contribution in [2.45, 2.75) is 30.7 Å². The van der Waals surface area contributed by atoms with E-state index in [-0.39, 0.29) is 11.4 Å². The fourth-order valence-electron chi connectivity index (χ4n) is 2.01. The number of rotatable bonds is 7. The molecule has 0 amide bonds. The summed E-state index contributed by atoms with van der Waals surface area (Å²) in [6.07, 6.45) is 3.15. The second-order valence-corrected chi connectivity index (χ2v) is 7.69. The van der Waals surface area contributed by atoms with Crippen LogP contribution < -0.4 is 10.0 Å². The second-order valence-electron chi connectivity index (χ2n) is 5.04. The molecule has 0 saturated heterocycles. The summed E-state index contributed by atoms with van der Waals surface area (Å²) in [4.78, 5) is -0.298. The largest absolute Gasteiger partial charge is 0.316 e. The molecule has 4 nitrogen and oxygen atoms in total. The van der Waals surface area contributed by atoms with Crippen molar-refractivity contribution >= 4 is 26.0 Å². The van der Waals surface area contributed by atoms with Gasteiger partial charge in [0.25, 0.3) is 0 Å². The topological polar surface area (TPSA) is 58.2 Å². The van der Waals surface area contributed by atoms with E-state index in [9.17, 15) is 12.8 Å². The quantitative estimate of drug-likeness (QED) is 0.780. The lowest BCUT2D eigenvalue weighted by molar-refractivity contribution is 0.543. The maximum Gasteiger partial charge on any atom is 0.243 e. The highest BCUT2D eigenvalue weighted by Gasteiger charge is 2.24. The van der Waals surface area contributed by atoms with E-state index in [1.54, 1.807) is 13.1 Å². The zero-order valence-corrected chi connectivity index (χ0v) is 13.7. The summed E-state index contributed by atoms with van der Waals surface area (Å²) in [5, 5.41) is 2.82. The van der Waals surface area contributed by atoms with Crippen molar-refractivity contribution in [2.75, 3.05) is 13.6 Å². The molecular formula is C13H18BrFN2O2S. The Kier molecular flexibility index (Phi) is 5.17. The number of nitrogens with one attached hydrogen (secondary N) is 2. The van der Waals surface area contributed by atoms with E-state index < -0.39 is 15.8 Å². The molecule has 20 heavy (non-hydrogen) atoms. The lowest BCUT2D eigenvalue weighted by Crippen LogP contribution is -2.26. The predicted molar refractivity (Wildman–Crippen MR) is 79.4 cm³/mol. The molecule has 0 atom stereocenters. The van der Waals surface area contributed by atoms with Gasteiger partial charge < -0.3 is 5.32 Å². The zero-order chi connectivity index (χ0) is 14.8. The number of hydrogen-bond donors (Lipinski definition) is 2. The Bertz CT molecular complexity index is 588. The van der Waals surface area contributed by atoms with Crippen LogP contribution in [0.1, 0.15) is 24.8 Å². The summed E-state index contributed by atoms with van der Waals surface area (Å²) in [5.74, 6) is -0.0635. The van der Waals surface area contributed by atoms with Gasteiger partial charge >= 0.3 is 0 Å². The van der Waals surface area contributed by atoms with E-state index in [1.807, 2.05) is 0 Å². The van der Waals surface area contributed by atoms with Crippen molar-refractivity contribution in [3.05, 3.63) is 28.0 Å². The molecule has 0 heterocycles. The molecule has 0 spiro atoms. The third-order valence-electron chi connectivity index (χ3n) is 3.28. The van der Waals surface area contributed by atoms with Gasteiger partial charge in [-0.2, -0.15) is 0 Å². The van der Waals surface area contributed by atoms with Gasteiger partial charge in [0, 0.05) is 23.1 Å². The van der Waals surface area contributed by atoms with Crippen LogP contribution in [0.2, 0.25) is 0 Å². The molecule has 0 bridgehead atoms. The molecule has 0 radical (unpaired) electrons. The van der Waals surface area contributed by atoms with Gasteiger partial charge in [-0.25, -0.2) is 17.5 Å². The van der Waals surface area contributed by atoms with E-state index in [4.69, 9.17) is 0 Å². The third-order valence-corrected chi connectivity index (χ3v) is 5.20. The van der Waals surface area contributed by atoms with Crippen LogP contribution >= 0.6 is 15.9 Å². The smallest absolute Gasteiger partial charge is 0.243 e. The molecule has 0 aliphatic heterocycles. The monoisotopic (exact) mass is 364 g/mol. The zero-order valence-electron chi connectivity index (χ0n) is 11.2. The van der Waals surface area contributed by atoms with Gasteiger partial charge in [-0.3, -0.25) is 0 Å². The number of benzene rings is 1. The molecular weight excluding hydrogens is 347 g/mol. The normalized spacial score (nSPS) is 15.6. The van der Waals surface area contributed by atoms with Gasteiger partial charge in [0.05, 0.1) is 0 Å². The lowest BCUT2D eigenvalue weighted by atomic mass is 10.2. The Morgan fingerprint density at radius 1 is 1.40 bits per heavy atom. The summed E-state index contributed by atoms with van der Waals surface area (Å²) in [7, 11) is -2.12. The molecule has 1 aliphatic rings. The first-order valence-corrected chi connectivity index (χ1v) is 8.84. The molecule has 2 rings (SSSR count). The van der Waals surface area contributed by atoms with Gasteiger partial charge in [0.15, 0.2) is 0 Å². The standard InChI is InChI=1S/C13H18BrFN2O2S/c1-16-8-10-6-11(14)7-12(13(10)15)20(18,19)17-5-4-9-2-3-9/h6-7,9,16-17H,2-5,8H2,1H3. The van der Waals surface area contributed by atoms with Crippen LogP contribution in [0.25, 0.3) is 0 Å². The molecule has 0 aromatic heterocycles. The van der Waals surface area contributed by atoms with Crippen molar-refractivity contribution in [1.82, 2.24) is 10.0 Å². The molecule has 7 heteroatoms. The summed E-state index contributed by atoms with van der Waals surface area (Å²) >= 11 is 3.22. The highest BCUT2D eigenvalue weighted by molar-refractivity contribution is 9.10. The highest BCUT2D eigenvalue weighted by atomic mass is 79.9. The minimum atomic E-state index is -3.80. The van der Waals surface area contributed by atoms with Crippen LogP contribution in [-0.4, -0.2) is 22.0 Å². The number of halogens is 2. The number of hydrogen-bond acceptors (Lipinski definition) is 3. The fraction of sp³-hybridized carbons (Fsp3) is 0.538. The van der Waals surface area contributed by atoms with Crippen LogP contribution in [0.4, 0.5) is 4.39 Å². The van der Waals surface area contributed by atoms with Gasteiger partial charge in [0.2, 0.25) is 10.0 Å². The Hall–Kier alpha value is -0.500. The van der Waals surface area contributed by atoms with Crippen LogP contribution in [0.3, 0.4) is 0 Å². The molecule has 112 valence electrons. The highest BCUT2D eigenvalue weighted by Crippen LogP contribution is 2.32. The van der Waals surface area contributed by atoms with Crippen LogP contribution in [-0.2, 0) is 16.6 Å². The Balaban J connectivity index is 2.20. The summed E-state index contributed by atoms with van der Waals surface area (Å²) in [6, 6.07) is 2.88. The Labute approximate surface area is 127 Å². The molecule has 1 fully saturated rings. The van der Waals surface area contributed by atoms with Crippen molar-refractivity contribution in [1.29, 1.82) is 0 Å². The summed E-state index contributed by atoms with van der Waals surface area (Å²) in [5.41, 5.74) is 0.324. The summed E-state index contributed by atoms with van der Waals surface area (Å²) < 4.78 is 41.6. The van der Waals surface area contributed by atoms with Gasteiger partial charge in [-0.1, -0.05) is 28.8 Å². The first-order valence-electron chi connectivity index (χ1n) is 6.56. The average Bonchev–Trinajstić information content (AvgIpc) is 3.17. The molecule has 1 aliphatic carbocycles. The molecule has 1 aromatic rings. The second kappa shape index (κ2) is 6.51. The Morgan fingerprint density at radius 3 is 2.70 bits per heavy atom. The minimum absolute atomic E-state index is 0.274. The maximum absolute atomic E-state index is 14.3. The summed E-state index contributed by atoms with van der Waals surface area (Å²) in [6.45, 7) is 0.635. The first kappa shape index (κ1) is 15.9. The lowest BCUT2D eigenvalue weighted by Gasteiger charge is -2.11. The molecule has 2 N–H and O–H groups in total. The van der Waals surface area contributed by atoms with Gasteiger partial charge in [-0.05, 0) is 31.5 Å². The van der Waals surface area contributed by atoms with Crippen LogP contribution in [0, 0.1) is 11.7 Å². The predicted octanol–water partition coefficient (Wildman–Crippen LogP) is 2.39. The van der Waals surface area contributed by atoms with E-state index in [2.05, 4.69) is 26.0 Å². The molecule has 0 unspecified atom stereocenters. The molecule has 1 aromatic carbocycles. The van der Waals surface area contributed by atoms with E-state index in [0.29, 0.717) is 22.5 Å². The van der Waals surface area contributed by atoms with E-state index >= 15 is 0 Å². The van der Waals surface area contributed by atoms with Gasteiger partial charge in [0.1, 0.15) is 10.7 Å². The average molecular weight is 365 g/mol. The third kappa shape index (κ3) is 4.00. The van der Waals surface area contributed by atoms with Crippen LogP contribution in [0.15, 0.2) is 21.5 Å². The minimum Gasteiger partial charge on any atom is -0.316 e. The maximum atomic E-state index is 14.3. The SMILES string of the molecule is CNCc1cc(Br)cc(S(=O)(=O)NCCC2CC2)c1F. The van der Waals surface area contributed by atoms with Crippen molar-refractivity contribution < 1.29 is 12.8 Å². The Morgan fingerprint density at radius 2 is 2.10 bits per heavy atom. The number of sulfonamides is 1. The van der Waals surface area contributed by atoms with Crippen molar-refractivity contribution in [3.8, 4) is 0 Å².